The van der Waals surface area contributed by atoms with Gasteiger partial charge in [0, 0.05) is 40.0 Å². The van der Waals surface area contributed by atoms with E-state index in [1.807, 2.05) is 54.7 Å². The van der Waals surface area contributed by atoms with Gasteiger partial charge in [-0.3, -0.25) is 9.59 Å². The van der Waals surface area contributed by atoms with Crippen molar-refractivity contribution in [1.82, 2.24) is 14.9 Å². The summed E-state index contributed by atoms with van der Waals surface area (Å²) in [5.41, 5.74) is 3.23. The van der Waals surface area contributed by atoms with E-state index in [0.717, 1.165) is 27.5 Å². The molecule has 3 heterocycles. The third-order valence-electron chi connectivity index (χ3n) is 5.12. The fourth-order valence-electron chi connectivity index (χ4n) is 3.67. The molecule has 5 rings (SSSR count). The number of H-pyrrole nitrogens is 2. The minimum Gasteiger partial charge on any atom is -0.361 e. The Balaban J connectivity index is 1.41. The first-order chi connectivity index (χ1) is 13.7. The molecule has 2 aromatic carbocycles. The summed E-state index contributed by atoms with van der Waals surface area (Å²) >= 11 is 1.59. The van der Waals surface area contributed by atoms with Gasteiger partial charge in [0.1, 0.15) is 6.04 Å². The Labute approximate surface area is 165 Å². The zero-order chi connectivity index (χ0) is 19.1. The van der Waals surface area contributed by atoms with Crippen LogP contribution in [0, 0.1) is 0 Å². The highest BCUT2D eigenvalue weighted by Crippen LogP contribution is 2.28. The number of amides is 2. The summed E-state index contributed by atoms with van der Waals surface area (Å²) < 4.78 is 0. The second kappa shape index (κ2) is 6.76. The van der Waals surface area contributed by atoms with E-state index in [1.54, 1.807) is 22.9 Å². The summed E-state index contributed by atoms with van der Waals surface area (Å²) in [7, 11) is 0. The van der Waals surface area contributed by atoms with E-state index in [0.29, 0.717) is 17.2 Å². The Morgan fingerprint density at radius 1 is 1.00 bits per heavy atom. The fraction of sp³-hybridized carbons (Fsp3) is 0.143. The van der Waals surface area contributed by atoms with Crippen molar-refractivity contribution in [1.29, 1.82) is 0 Å². The minimum absolute atomic E-state index is 0.123. The molecule has 1 saturated heterocycles. The average molecular weight is 390 g/mol. The highest BCUT2D eigenvalue weighted by atomic mass is 32.2. The number of hydrogen-bond donors (Lipinski definition) is 3. The van der Waals surface area contributed by atoms with E-state index in [1.165, 1.54) is 0 Å². The van der Waals surface area contributed by atoms with Gasteiger partial charge in [-0.25, -0.2) is 0 Å². The number of rotatable bonds is 3. The number of nitrogens with zero attached hydrogens (tertiary/aromatic N) is 1. The molecule has 1 aliphatic heterocycles. The Hall–Kier alpha value is -3.19. The first-order valence-electron chi connectivity index (χ1n) is 9.04. The van der Waals surface area contributed by atoms with Gasteiger partial charge in [-0.05, 0) is 24.3 Å². The Morgan fingerprint density at radius 2 is 1.82 bits per heavy atom. The van der Waals surface area contributed by atoms with Gasteiger partial charge in [-0.15, -0.1) is 11.8 Å². The van der Waals surface area contributed by atoms with Crippen molar-refractivity contribution in [3.8, 4) is 0 Å². The van der Waals surface area contributed by atoms with Crippen molar-refractivity contribution in [2.75, 3.05) is 16.9 Å². The third kappa shape index (κ3) is 2.75. The number of carbonyl (C=O) groups excluding carboxylic acids is 2. The van der Waals surface area contributed by atoms with E-state index in [-0.39, 0.29) is 11.8 Å². The lowest BCUT2D eigenvalue weighted by molar-refractivity contribution is -0.119. The van der Waals surface area contributed by atoms with Gasteiger partial charge in [-0.2, -0.15) is 0 Å². The number of fused-ring (bicyclic) bond motifs is 2. The predicted molar refractivity (Wildman–Crippen MR) is 113 cm³/mol. The van der Waals surface area contributed by atoms with Crippen molar-refractivity contribution in [3.05, 3.63) is 66.5 Å². The molecule has 0 saturated carbocycles. The number of carbonyl (C=O) groups is 2. The number of thioether (sulfide) groups is 1. The minimum atomic E-state index is -0.500. The van der Waals surface area contributed by atoms with Crippen LogP contribution in [0.25, 0.3) is 21.8 Å². The molecule has 0 radical (unpaired) electrons. The third-order valence-corrected chi connectivity index (χ3v) is 6.13. The smallest absolute Gasteiger partial charge is 0.257 e. The van der Waals surface area contributed by atoms with Gasteiger partial charge in [0.05, 0.1) is 17.1 Å². The zero-order valence-corrected chi connectivity index (χ0v) is 15.8. The predicted octanol–water partition coefficient (Wildman–Crippen LogP) is 3.80. The molecular weight excluding hydrogens is 372 g/mol. The molecule has 2 aromatic heterocycles. The zero-order valence-electron chi connectivity index (χ0n) is 14.9. The highest BCUT2D eigenvalue weighted by molar-refractivity contribution is 7.99. The monoisotopic (exact) mass is 390 g/mol. The fourth-order valence-corrected chi connectivity index (χ4v) is 4.83. The molecule has 1 atom stereocenters. The molecule has 7 heteroatoms. The lowest BCUT2D eigenvalue weighted by atomic mass is 10.1. The van der Waals surface area contributed by atoms with E-state index < -0.39 is 6.04 Å². The molecule has 0 spiro atoms. The standard InChI is InChI=1S/C21H18N4O2S/c26-20(24-18-7-3-6-17-14(18)8-9-22-17)19-11-28-12-25(19)21(27)15-10-23-16-5-2-1-4-13(15)16/h1-10,19,22-23H,11-12H2,(H,24,26)/t19-/m0/s1. The van der Waals surface area contributed by atoms with Crippen LogP contribution in [0.4, 0.5) is 5.69 Å². The van der Waals surface area contributed by atoms with Crippen molar-refractivity contribution in [2.24, 2.45) is 0 Å². The summed E-state index contributed by atoms with van der Waals surface area (Å²) in [4.78, 5) is 34.1. The summed E-state index contributed by atoms with van der Waals surface area (Å²) in [6.07, 6.45) is 3.57. The molecule has 3 N–H and O–H groups in total. The second-order valence-corrected chi connectivity index (χ2v) is 7.77. The largest absolute Gasteiger partial charge is 0.361 e. The Morgan fingerprint density at radius 3 is 2.75 bits per heavy atom. The van der Waals surface area contributed by atoms with Gasteiger partial charge in [0.2, 0.25) is 5.91 Å². The van der Waals surface area contributed by atoms with Crippen LogP contribution >= 0.6 is 11.8 Å². The van der Waals surface area contributed by atoms with Crippen molar-refractivity contribution in [3.63, 3.8) is 0 Å². The van der Waals surface area contributed by atoms with E-state index in [9.17, 15) is 9.59 Å². The van der Waals surface area contributed by atoms with Crippen molar-refractivity contribution in [2.45, 2.75) is 6.04 Å². The number of hydrogen-bond acceptors (Lipinski definition) is 3. The maximum Gasteiger partial charge on any atom is 0.257 e. The Bertz CT molecular complexity index is 1200. The topological polar surface area (TPSA) is 81.0 Å². The van der Waals surface area contributed by atoms with Crippen LogP contribution in [0.1, 0.15) is 10.4 Å². The number of benzene rings is 2. The van der Waals surface area contributed by atoms with Gasteiger partial charge in [0.25, 0.3) is 5.91 Å². The van der Waals surface area contributed by atoms with Crippen LogP contribution in [0.3, 0.4) is 0 Å². The van der Waals surface area contributed by atoms with Crippen molar-refractivity contribution >= 4 is 51.1 Å². The van der Waals surface area contributed by atoms with Gasteiger partial charge < -0.3 is 20.2 Å². The summed E-state index contributed by atoms with van der Waals surface area (Å²) in [5.74, 6) is 0.808. The van der Waals surface area contributed by atoms with E-state index >= 15 is 0 Å². The molecule has 6 nitrogen and oxygen atoms in total. The van der Waals surface area contributed by atoms with E-state index in [4.69, 9.17) is 0 Å². The molecular formula is C21H18N4O2S. The molecule has 28 heavy (non-hydrogen) atoms. The first-order valence-corrected chi connectivity index (χ1v) is 10.2. The first kappa shape index (κ1) is 16.9. The van der Waals surface area contributed by atoms with E-state index in [2.05, 4.69) is 15.3 Å². The maximum atomic E-state index is 13.2. The molecule has 0 unspecified atom stereocenters. The molecule has 1 fully saturated rings. The number of aromatic amines is 2. The molecule has 0 aliphatic carbocycles. The molecule has 2 amide bonds. The second-order valence-electron chi connectivity index (χ2n) is 6.77. The van der Waals surface area contributed by atoms with Crippen molar-refractivity contribution < 1.29 is 9.59 Å². The van der Waals surface area contributed by atoms with Crippen LogP contribution in [-0.4, -0.2) is 44.4 Å². The summed E-state index contributed by atoms with van der Waals surface area (Å²) in [5, 5.41) is 4.84. The van der Waals surface area contributed by atoms with Crippen LogP contribution in [-0.2, 0) is 4.79 Å². The maximum absolute atomic E-state index is 13.2. The van der Waals surface area contributed by atoms with Gasteiger partial charge in [0.15, 0.2) is 0 Å². The SMILES string of the molecule is O=C(Nc1cccc2[nH]ccc12)[C@@H]1CSCN1C(=O)c1c[nH]c2ccccc12. The average Bonchev–Trinajstić information content (AvgIpc) is 3.45. The number of nitrogens with one attached hydrogen (secondary N) is 3. The van der Waals surface area contributed by atoms with Gasteiger partial charge in [-0.1, -0.05) is 24.3 Å². The molecule has 140 valence electrons. The number of aromatic nitrogens is 2. The summed E-state index contributed by atoms with van der Waals surface area (Å²) in [6, 6.07) is 14.9. The Kier molecular flexibility index (Phi) is 4.09. The molecule has 0 bridgehead atoms. The van der Waals surface area contributed by atoms with Crippen LogP contribution in [0.2, 0.25) is 0 Å². The van der Waals surface area contributed by atoms with Crippen LogP contribution in [0.5, 0.6) is 0 Å². The summed E-state index contributed by atoms with van der Waals surface area (Å²) in [6.45, 7) is 0. The lowest BCUT2D eigenvalue weighted by Crippen LogP contribution is -2.44. The molecule has 1 aliphatic rings. The number of anilines is 1. The van der Waals surface area contributed by atoms with Crippen LogP contribution < -0.4 is 5.32 Å². The van der Waals surface area contributed by atoms with Gasteiger partial charge >= 0.3 is 0 Å². The van der Waals surface area contributed by atoms with Crippen LogP contribution in [0.15, 0.2) is 60.9 Å². The number of para-hydroxylation sites is 1. The molecule has 4 aromatic rings. The quantitative estimate of drug-likeness (QED) is 0.498. The normalized spacial score (nSPS) is 16.7. The highest BCUT2D eigenvalue weighted by Gasteiger charge is 2.36. The lowest BCUT2D eigenvalue weighted by Gasteiger charge is -2.23.